The van der Waals surface area contributed by atoms with Crippen LogP contribution >= 0.6 is 0 Å². The zero-order chi connectivity index (χ0) is 13.7. The van der Waals surface area contributed by atoms with E-state index in [4.69, 9.17) is 4.74 Å². The number of rotatable bonds is 6. The zero-order valence-corrected chi connectivity index (χ0v) is 11.5. The Labute approximate surface area is 112 Å². The van der Waals surface area contributed by atoms with Crippen molar-refractivity contribution in [3.8, 4) is 5.88 Å². The lowest BCUT2D eigenvalue weighted by atomic mass is 10.3. The number of ether oxygens (including phenoxy) is 1. The van der Waals surface area contributed by atoms with Crippen LogP contribution in [0.2, 0.25) is 0 Å². The Morgan fingerprint density at radius 1 is 1.42 bits per heavy atom. The molecule has 2 heterocycles. The van der Waals surface area contributed by atoms with Crippen LogP contribution in [0.25, 0.3) is 0 Å². The fourth-order valence-electron chi connectivity index (χ4n) is 1.83. The third kappa shape index (κ3) is 3.43. The van der Waals surface area contributed by atoms with Gasteiger partial charge in [-0.2, -0.15) is 5.10 Å². The molecule has 6 nitrogen and oxygen atoms in total. The molecule has 0 saturated heterocycles. The van der Waals surface area contributed by atoms with E-state index in [0.717, 1.165) is 17.9 Å². The second-order valence-electron chi connectivity index (χ2n) is 4.36. The minimum atomic E-state index is 0.211. The van der Waals surface area contributed by atoms with Crippen molar-refractivity contribution < 1.29 is 4.74 Å². The fraction of sp³-hybridized carbons (Fsp3) is 0.462. The Morgan fingerprint density at radius 2 is 2.26 bits per heavy atom. The topological polar surface area (TPSA) is 64.9 Å². The van der Waals surface area contributed by atoms with Crippen molar-refractivity contribution >= 4 is 5.82 Å². The van der Waals surface area contributed by atoms with E-state index in [1.165, 1.54) is 6.33 Å². The minimum absolute atomic E-state index is 0.211. The molecular weight excluding hydrogens is 242 g/mol. The van der Waals surface area contributed by atoms with E-state index >= 15 is 0 Å². The SMILES string of the molecule is CCOc1ncnc(NC(C)Cn2cccn2)c1C. The second kappa shape index (κ2) is 6.17. The van der Waals surface area contributed by atoms with Gasteiger partial charge in [-0.15, -0.1) is 0 Å². The van der Waals surface area contributed by atoms with Gasteiger partial charge >= 0.3 is 0 Å². The number of nitrogens with one attached hydrogen (secondary N) is 1. The van der Waals surface area contributed by atoms with Crippen LogP contribution in [0.1, 0.15) is 19.4 Å². The maximum atomic E-state index is 5.46. The minimum Gasteiger partial charge on any atom is -0.478 e. The molecule has 1 unspecified atom stereocenters. The van der Waals surface area contributed by atoms with Crippen LogP contribution in [0.3, 0.4) is 0 Å². The van der Waals surface area contributed by atoms with Crippen molar-refractivity contribution in [2.45, 2.75) is 33.4 Å². The Morgan fingerprint density at radius 3 is 2.95 bits per heavy atom. The Bertz CT molecular complexity index is 512. The van der Waals surface area contributed by atoms with Crippen LogP contribution in [0.15, 0.2) is 24.8 Å². The van der Waals surface area contributed by atoms with Gasteiger partial charge in [0.2, 0.25) is 5.88 Å². The van der Waals surface area contributed by atoms with Gasteiger partial charge < -0.3 is 10.1 Å². The van der Waals surface area contributed by atoms with Crippen LogP contribution in [0, 0.1) is 6.92 Å². The number of nitrogens with zero attached hydrogens (tertiary/aromatic N) is 4. The highest BCUT2D eigenvalue weighted by Gasteiger charge is 2.10. The van der Waals surface area contributed by atoms with Gasteiger partial charge in [0, 0.05) is 18.4 Å². The van der Waals surface area contributed by atoms with Gasteiger partial charge in [-0.3, -0.25) is 4.68 Å². The number of hydrogen-bond acceptors (Lipinski definition) is 5. The van der Waals surface area contributed by atoms with E-state index in [9.17, 15) is 0 Å². The summed E-state index contributed by atoms with van der Waals surface area (Å²) in [6.07, 6.45) is 5.23. The van der Waals surface area contributed by atoms with Crippen molar-refractivity contribution in [2.24, 2.45) is 0 Å². The quantitative estimate of drug-likeness (QED) is 0.860. The molecule has 0 saturated carbocycles. The molecule has 0 aliphatic carbocycles. The fourth-order valence-corrected chi connectivity index (χ4v) is 1.83. The van der Waals surface area contributed by atoms with E-state index in [1.807, 2.05) is 30.8 Å². The van der Waals surface area contributed by atoms with Gasteiger partial charge in [-0.25, -0.2) is 9.97 Å². The molecule has 1 atom stereocenters. The molecule has 0 aliphatic heterocycles. The van der Waals surface area contributed by atoms with Crippen molar-refractivity contribution in [3.63, 3.8) is 0 Å². The molecule has 6 heteroatoms. The lowest BCUT2D eigenvalue weighted by molar-refractivity contribution is 0.323. The zero-order valence-electron chi connectivity index (χ0n) is 11.5. The van der Waals surface area contributed by atoms with Crippen molar-refractivity contribution in [3.05, 3.63) is 30.4 Å². The first-order valence-corrected chi connectivity index (χ1v) is 6.39. The first-order valence-electron chi connectivity index (χ1n) is 6.39. The van der Waals surface area contributed by atoms with Crippen molar-refractivity contribution in [2.75, 3.05) is 11.9 Å². The average molecular weight is 261 g/mol. The maximum Gasteiger partial charge on any atom is 0.221 e. The molecule has 1 N–H and O–H groups in total. The van der Waals surface area contributed by atoms with Gasteiger partial charge in [-0.1, -0.05) is 0 Å². The second-order valence-corrected chi connectivity index (χ2v) is 4.36. The Balaban J connectivity index is 2.04. The standard InChI is InChI=1S/C13H19N5O/c1-4-19-13-11(3)12(14-9-15-13)17-10(2)8-18-7-5-6-16-18/h5-7,9-10H,4,8H2,1-3H3,(H,14,15,17). The number of anilines is 1. The first kappa shape index (κ1) is 13.3. The monoisotopic (exact) mass is 261 g/mol. The average Bonchev–Trinajstić information content (AvgIpc) is 2.87. The lowest BCUT2D eigenvalue weighted by Crippen LogP contribution is -2.23. The summed E-state index contributed by atoms with van der Waals surface area (Å²) in [6.45, 7) is 7.35. The summed E-state index contributed by atoms with van der Waals surface area (Å²) in [6, 6.07) is 2.12. The summed E-state index contributed by atoms with van der Waals surface area (Å²) in [5.41, 5.74) is 0.927. The van der Waals surface area contributed by atoms with Crippen LogP contribution in [0.5, 0.6) is 5.88 Å². The molecular formula is C13H19N5O. The van der Waals surface area contributed by atoms with E-state index in [0.29, 0.717) is 12.5 Å². The highest BCUT2D eigenvalue weighted by molar-refractivity contribution is 5.48. The third-order valence-corrected chi connectivity index (χ3v) is 2.72. The van der Waals surface area contributed by atoms with Crippen LogP contribution < -0.4 is 10.1 Å². The highest BCUT2D eigenvalue weighted by atomic mass is 16.5. The molecule has 0 bridgehead atoms. The molecule has 0 aliphatic rings. The van der Waals surface area contributed by atoms with E-state index in [1.54, 1.807) is 6.20 Å². The molecule has 2 aromatic rings. The Kier molecular flexibility index (Phi) is 4.33. The molecule has 0 fully saturated rings. The van der Waals surface area contributed by atoms with Crippen LogP contribution in [-0.2, 0) is 6.54 Å². The van der Waals surface area contributed by atoms with E-state index in [-0.39, 0.29) is 6.04 Å². The highest BCUT2D eigenvalue weighted by Crippen LogP contribution is 2.20. The molecule has 0 spiro atoms. The summed E-state index contributed by atoms with van der Waals surface area (Å²) < 4.78 is 7.34. The summed E-state index contributed by atoms with van der Waals surface area (Å²) in [4.78, 5) is 8.38. The normalized spacial score (nSPS) is 12.2. The molecule has 102 valence electrons. The summed E-state index contributed by atoms with van der Waals surface area (Å²) in [5, 5.41) is 7.54. The lowest BCUT2D eigenvalue weighted by Gasteiger charge is -2.17. The molecule has 2 rings (SSSR count). The smallest absolute Gasteiger partial charge is 0.221 e. The van der Waals surface area contributed by atoms with Gasteiger partial charge in [-0.05, 0) is 26.8 Å². The van der Waals surface area contributed by atoms with Gasteiger partial charge in [0.05, 0.1) is 18.7 Å². The van der Waals surface area contributed by atoms with Gasteiger partial charge in [0.15, 0.2) is 0 Å². The summed E-state index contributed by atoms with van der Waals surface area (Å²) in [7, 11) is 0. The predicted molar refractivity (Wildman–Crippen MR) is 73.2 cm³/mol. The molecule has 0 amide bonds. The molecule has 19 heavy (non-hydrogen) atoms. The Hall–Kier alpha value is -2.11. The largest absolute Gasteiger partial charge is 0.478 e. The summed E-state index contributed by atoms with van der Waals surface area (Å²) >= 11 is 0. The maximum absolute atomic E-state index is 5.46. The third-order valence-electron chi connectivity index (χ3n) is 2.72. The van der Waals surface area contributed by atoms with Gasteiger partial charge in [0.1, 0.15) is 12.1 Å². The summed E-state index contributed by atoms with van der Waals surface area (Å²) in [5.74, 6) is 1.43. The first-order chi connectivity index (χ1) is 9.20. The van der Waals surface area contributed by atoms with E-state index in [2.05, 4.69) is 27.3 Å². The number of aromatic nitrogens is 4. The van der Waals surface area contributed by atoms with Crippen LogP contribution in [-0.4, -0.2) is 32.4 Å². The van der Waals surface area contributed by atoms with Crippen LogP contribution in [0.4, 0.5) is 5.82 Å². The number of hydrogen-bond donors (Lipinski definition) is 1. The molecule has 0 radical (unpaired) electrons. The van der Waals surface area contributed by atoms with Gasteiger partial charge in [0.25, 0.3) is 0 Å². The van der Waals surface area contributed by atoms with E-state index < -0.39 is 0 Å². The predicted octanol–water partition coefficient (Wildman–Crippen LogP) is 1.88. The molecule has 0 aromatic carbocycles. The van der Waals surface area contributed by atoms with Crippen molar-refractivity contribution in [1.29, 1.82) is 0 Å². The molecule has 2 aromatic heterocycles. The van der Waals surface area contributed by atoms with Crippen molar-refractivity contribution in [1.82, 2.24) is 19.7 Å².